The minimum absolute atomic E-state index is 0.0245. The summed E-state index contributed by atoms with van der Waals surface area (Å²) >= 11 is 0. The Morgan fingerprint density at radius 3 is 2.65 bits per heavy atom. The maximum Gasteiger partial charge on any atom is 0.340 e. The third-order valence-corrected chi connectivity index (χ3v) is 7.69. The minimum Gasteiger partial charge on any atom is -0.461 e. The lowest BCUT2D eigenvalue weighted by molar-refractivity contribution is -0.142. The van der Waals surface area contributed by atoms with Gasteiger partial charge >= 0.3 is 5.63 Å². The second-order valence-corrected chi connectivity index (χ2v) is 9.43. The van der Waals surface area contributed by atoms with Crippen LogP contribution in [0.15, 0.2) is 25.8 Å². The second-order valence-electron chi connectivity index (χ2n) is 9.43. The molecule has 0 spiro atoms. The smallest absolute Gasteiger partial charge is 0.340 e. The number of carbonyl (C=O) groups excluding carboxylic acids is 1. The molecular weight excluding hydrogens is 394 g/mol. The molecular formula is C25H29NO5. The molecule has 2 fully saturated rings. The van der Waals surface area contributed by atoms with Crippen molar-refractivity contribution in [1.29, 1.82) is 0 Å². The highest BCUT2D eigenvalue weighted by molar-refractivity contribution is 5.97. The molecule has 1 saturated heterocycles. The number of nitrogens with zero attached hydrogens (tertiary/aromatic N) is 1. The molecule has 2 aromatic heterocycles. The zero-order valence-electron chi connectivity index (χ0n) is 18.4. The molecule has 1 aliphatic carbocycles. The number of piperidine rings is 1. The van der Waals surface area contributed by atoms with Gasteiger partial charge in [0.25, 0.3) is 0 Å². The van der Waals surface area contributed by atoms with Gasteiger partial charge in [0.05, 0.1) is 17.6 Å². The van der Waals surface area contributed by atoms with Gasteiger partial charge in [-0.15, -0.1) is 0 Å². The number of hydrogen-bond donors (Lipinski definition) is 1. The van der Waals surface area contributed by atoms with Crippen LogP contribution in [0.5, 0.6) is 0 Å². The van der Waals surface area contributed by atoms with Crippen LogP contribution in [0.25, 0.3) is 21.9 Å². The molecule has 5 rings (SSSR count). The van der Waals surface area contributed by atoms with Crippen molar-refractivity contribution in [3.63, 3.8) is 0 Å². The van der Waals surface area contributed by atoms with E-state index in [0.29, 0.717) is 36.2 Å². The molecule has 2 atom stereocenters. The van der Waals surface area contributed by atoms with Crippen LogP contribution in [0.4, 0.5) is 0 Å². The molecule has 1 saturated carbocycles. The number of amides is 1. The van der Waals surface area contributed by atoms with Gasteiger partial charge in [-0.1, -0.05) is 12.8 Å². The third kappa shape index (κ3) is 3.28. The molecule has 31 heavy (non-hydrogen) atoms. The number of likely N-dealkylation sites (tertiary alicyclic amines) is 1. The largest absolute Gasteiger partial charge is 0.461 e. The van der Waals surface area contributed by atoms with E-state index in [0.717, 1.165) is 53.3 Å². The average Bonchev–Trinajstić information content (AvgIpc) is 3.02. The first-order valence-electron chi connectivity index (χ1n) is 11.2. The molecule has 1 N–H and O–H groups in total. The molecule has 6 heteroatoms. The molecule has 0 radical (unpaired) electrons. The zero-order chi connectivity index (χ0) is 21.9. The summed E-state index contributed by atoms with van der Waals surface area (Å²) in [4.78, 5) is 27.7. The van der Waals surface area contributed by atoms with Crippen molar-refractivity contribution in [3.8, 4) is 0 Å². The molecule has 6 nitrogen and oxygen atoms in total. The molecule has 3 heterocycles. The second kappa shape index (κ2) is 7.23. The van der Waals surface area contributed by atoms with E-state index in [9.17, 15) is 14.7 Å². The normalized spacial score (nSPS) is 24.0. The van der Waals surface area contributed by atoms with Crippen molar-refractivity contribution in [1.82, 2.24) is 4.90 Å². The lowest BCUT2D eigenvalue weighted by atomic mass is 9.71. The van der Waals surface area contributed by atoms with Crippen molar-refractivity contribution < 1.29 is 18.7 Å². The van der Waals surface area contributed by atoms with Crippen LogP contribution in [0, 0.1) is 26.7 Å². The first-order chi connectivity index (χ1) is 14.8. The van der Waals surface area contributed by atoms with Crippen molar-refractivity contribution in [2.24, 2.45) is 5.92 Å². The molecule has 164 valence electrons. The molecule has 2 aliphatic rings. The van der Waals surface area contributed by atoms with Crippen LogP contribution in [0.2, 0.25) is 0 Å². The van der Waals surface area contributed by atoms with Crippen LogP contribution in [0.1, 0.15) is 54.6 Å². The zero-order valence-corrected chi connectivity index (χ0v) is 18.4. The highest BCUT2D eigenvalue weighted by Crippen LogP contribution is 2.40. The summed E-state index contributed by atoms with van der Waals surface area (Å²) in [5, 5.41) is 12.7. The number of hydrogen-bond acceptors (Lipinski definition) is 5. The molecule has 1 aliphatic heterocycles. The number of aliphatic hydroxyl groups is 1. The van der Waals surface area contributed by atoms with Crippen LogP contribution >= 0.6 is 0 Å². The summed E-state index contributed by atoms with van der Waals surface area (Å²) in [6, 6.07) is 3.75. The topological polar surface area (TPSA) is 83.9 Å². The summed E-state index contributed by atoms with van der Waals surface area (Å²) in [5.41, 5.74) is 2.34. The average molecular weight is 424 g/mol. The molecule has 1 amide bonds. The van der Waals surface area contributed by atoms with E-state index in [1.54, 1.807) is 6.07 Å². The van der Waals surface area contributed by atoms with Crippen LogP contribution < -0.4 is 5.63 Å². The van der Waals surface area contributed by atoms with Crippen molar-refractivity contribution in [3.05, 3.63) is 45.0 Å². The predicted octanol–water partition coefficient (Wildman–Crippen LogP) is 4.16. The summed E-state index contributed by atoms with van der Waals surface area (Å²) in [6.07, 6.45) is 4.58. The first kappa shape index (κ1) is 20.3. The highest BCUT2D eigenvalue weighted by Gasteiger charge is 2.43. The highest BCUT2D eigenvalue weighted by atomic mass is 16.4. The number of furan rings is 1. The third-order valence-electron chi connectivity index (χ3n) is 7.69. The molecule has 1 aromatic carbocycles. The number of carbonyl (C=O) groups is 1. The molecule has 0 unspecified atom stereocenters. The summed E-state index contributed by atoms with van der Waals surface area (Å²) in [7, 11) is 0. The Bertz CT molecular complexity index is 1250. The van der Waals surface area contributed by atoms with Gasteiger partial charge in [-0.3, -0.25) is 4.79 Å². The minimum atomic E-state index is -0.626. The van der Waals surface area contributed by atoms with E-state index >= 15 is 0 Å². The van der Waals surface area contributed by atoms with Crippen LogP contribution in [-0.2, 0) is 11.2 Å². The van der Waals surface area contributed by atoms with Gasteiger partial charge in [0.15, 0.2) is 0 Å². The van der Waals surface area contributed by atoms with E-state index in [1.165, 1.54) is 0 Å². The predicted molar refractivity (Wildman–Crippen MR) is 118 cm³/mol. The monoisotopic (exact) mass is 423 g/mol. The van der Waals surface area contributed by atoms with E-state index in [1.807, 2.05) is 31.7 Å². The number of aryl methyl sites for hydroxylation is 3. The van der Waals surface area contributed by atoms with Crippen LogP contribution in [0.3, 0.4) is 0 Å². The van der Waals surface area contributed by atoms with Gasteiger partial charge in [-0.25, -0.2) is 4.79 Å². The summed E-state index contributed by atoms with van der Waals surface area (Å²) < 4.78 is 11.4. The number of fused-ring (bicyclic) bond motifs is 3. The Morgan fingerprint density at radius 2 is 1.84 bits per heavy atom. The van der Waals surface area contributed by atoms with E-state index in [2.05, 4.69) is 0 Å². The molecule has 0 bridgehead atoms. The first-order valence-corrected chi connectivity index (χ1v) is 11.2. The van der Waals surface area contributed by atoms with E-state index < -0.39 is 11.2 Å². The molecule has 3 aromatic rings. The maximum atomic E-state index is 13.1. The Morgan fingerprint density at radius 1 is 1.10 bits per heavy atom. The van der Waals surface area contributed by atoms with Crippen LogP contribution in [-0.4, -0.2) is 34.6 Å². The number of rotatable bonds is 2. The summed E-state index contributed by atoms with van der Waals surface area (Å²) in [6.45, 7) is 6.92. The van der Waals surface area contributed by atoms with Gasteiger partial charge in [-0.05, 0) is 57.2 Å². The SMILES string of the molecule is Cc1oc2cc3oc(=O)c(CC(=O)N4CC[C@@]5(O)CCCC[C@@H]5C4)c(C)c3cc2c1C. The fraction of sp³-hybridized carbons (Fsp3) is 0.520. The quantitative estimate of drug-likeness (QED) is 0.626. The van der Waals surface area contributed by atoms with Gasteiger partial charge in [0, 0.05) is 35.8 Å². The lowest BCUT2D eigenvalue weighted by Gasteiger charge is -2.47. The fourth-order valence-corrected chi connectivity index (χ4v) is 5.49. The standard InChI is InChI=1S/C25H29NO5/c1-14-16(3)30-21-12-22-19(10-18(14)21)15(2)20(24(28)31-22)11-23(27)26-9-8-25(29)7-5-4-6-17(25)13-26/h10,12,17,29H,4-9,11,13H2,1-3H3/t17-,25+/m1/s1. The lowest BCUT2D eigenvalue weighted by Crippen LogP contribution is -2.55. The fourth-order valence-electron chi connectivity index (χ4n) is 5.49. The van der Waals surface area contributed by atoms with Gasteiger partial charge in [-0.2, -0.15) is 0 Å². The van der Waals surface area contributed by atoms with E-state index in [-0.39, 0.29) is 18.2 Å². The van der Waals surface area contributed by atoms with Gasteiger partial charge < -0.3 is 18.8 Å². The maximum absolute atomic E-state index is 13.1. The Balaban J connectivity index is 1.46. The Hall–Kier alpha value is -2.60. The van der Waals surface area contributed by atoms with Crippen molar-refractivity contribution in [2.45, 2.75) is 64.9 Å². The van der Waals surface area contributed by atoms with Crippen molar-refractivity contribution >= 4 is 27.8 Å². The Kier molecular flexibility index (Phi) is 4.74. The Labute approximate surface area is 180 Å². The van der Waals surface area contributed by atoms with Crippen molar-refractivity contribution in [2.75, 3.05) is 13.1 Å². The summed E-state index contributed by atoms with van der Waals surface area (Å²) in [5.74, 6) is 0.904. The van der Waals surface area contributed by atoms with Gasteiger partial charge in [0.2, 0.25) is 5.91 Å². The van der Waals surface area contributed by atoms with Gasteiger partial charge in [0.1, 0.15) is 16.9 Å². The number of benzene rings is 1. The van der Waals surface area contributed by atoms with E-state index in [4.69, 9.17) is 8.83 Å².